The average Bonchev–Trinajstić information content (AvgIpc) is 2.45. The molecule has 0 spiro atoms. The first-order valence-electron chi connectivity index (χ1n) is 7.43. The normalized spacial score (nSPS) is 12.6. The maximum absolute atomic E-state index is 6.27. The summed E-state index contributed by atoms with van der Waals surface area (Å²) in [5.41, 5.74) is 1.11. The van der Waals surface area contributed by atoms with Crippen LogP contribution >= 0.6 is 23.2 Å². The second-order valence-electron chi connectivity index (χ2n) is 4.91. The quantitative estimate of drug-likeness (QED) is 0.630. The molecule has 1 atom stereocenters. The van der Waals surface area contributed by atoms with Gasteiger partial charge in [-0.2, -0.15) is 0 Å². The fraction of sp³-hybridized carbons (Fsp3) is 0.625. The molecule has 0 aliphatic rings. The first kappa shape index (κ1) is 17.8. The Morgan fingerprint density at radius 3 is 2.75 bits per heavy atom. The van der Waals surface area contributed by atoms with Crippen LogP contribution in [-0.2, 0) is 11.2 Å². The standard InChI is InChI=1S/C16H25Cl2NO/c1-3-10-19-14(8-6-11-20-4-2)12-13-7-5-9-15(17)16(13)18/h5,7,9,14,19H,3-4,6,8,10-12H2,1-2H3. The second kappa shape index (κ2) is 10.4. The Balaban J connectivity index is 2.56. The van der Waals surface area contributed by atoms with Gasteiger partial charge in [0.2, 0.25) is 0 Å². The summed E-state index contributed by atoms with van der Waals surface area (Å²) in [4.78, 5) is 0. The number of benzene rings is 1. The molecule has 0 radical (unpaired) electrons. The number of nitrogens with one attached hydrogen (secondary N) is 1. The molecule has 0 saturated heterocycles. The molecule has 4 heteroatoms. The monoisotopic (exact) mass is 317 g/mol. The number of ether oxygens (including phenoxy) is 1. The van der Waals surface area contributed by atoms with E-state index in [0.717, 1.165) is 51.0 Å². The molecule has 20 heavy (non-hydrogen) atoms. The van der Waals surface area contributed by atoms with Crippen LogP contribution in [0.25, 0.3) is 0 Å². The van der Waals surface area contributed by atoms with Crippen molar-refractivity contribution in [2.24, 2.45) is 0 Å². The zero-order valence-corrected chi connectivity index (χ0v) is 13.9. The second-order valence-corrected chi connectivity index (χ2v) is 5.69. The minimum atomic E-state index is 0.423. The van der Waals surface area contributed by atoms with Gasteiger partial charge in [-0.1, -0.05) is 42.3 Å². The molecular weight excluding hydrogens is 293 g/mol. The molecule has 1 unspecified atom stereocenters. The summed E-state index contributed by atoms with van der Waals surface area (Å²) < 4.78 is 5.41. The van der Waals surface area contributed by atoms with Gasteiger partial charge in [-0.25, -0.2) is 0 Å². The predicted octanol–water partition coefficient (Wildman–Crippen LogP) is 4.72. The summed E-state index contributed by atoms with van der Waals surface area (Å²) in [5, 5.41) is 4.90. The lowest BCUT2D eigenvalue weighted by Crippen LogP contribution is -2.32. The van der Waals surface area contributed by atoms with Crippen molar-refractivity contribution in [1.29, 1.82) is 0 Å². The zero-order chi connectivity index (χ0) is 14.8. The number of hydrogen-bond donors (Lipinski definition) is 1. The van der Waals surface area contributed by atoms with Gasteiger partial charge in [0.15, 0.2) is 0 Å². The molecule has 0 aliphatic carbocycles. The molecule has 1 aromatic rings. The lowest BCUT2D eigenvalue weighted by atomic mass is 10.0. The average molecular weight is 318 g/mol. The molecular formula is C16H25Cl2NO. The van der Waals surface area contributed by atoms with Crippen LogP contribution < -0.4 is 5.32 Å². The number of rotatable bonds is 10. The van der Waals surface area contributed by atoms with Gasteiger partial charge in [-0.3, -0.25) is 0 Å². The Hall–Kier alpha value is -0.280. The van der Waals surface area contributed by atoms with E-state index < -0.39 is 0 Å². The molecule has 0 aromatic heterocycles. The van der Waals surface area contributed by atoms with E-state index in [2.05, 4.69) is 18.3 Å². The fourth-order valence-corrected chi connectivity index (χ4v) is 2.57. The predicted molar refractivity (Wildman–Crippen MR) is 88.0 cm³/mol. The Morgan fingerprint density at radius 2 is 2.05 bits per heavy atom. The van der Waals surface area contributed by atoms with E-state index in [1.807, 2.05) is 19.1 Å². The minimum absolute atomic E-state index is 0.423. The molecule has 1 aromatic carbocycles. The Morgan fingerprint density at radius 1 is 1.25 bits per heavy atom. The van der Waals surface area contributed by atoms with Crippen molar-refractivity contribution in [2.75, 3.05) is 19.8 Å². The van der Waals surface area contributed by atoms with Gasteiger partial charge in [-0.15, -0.1) is 0 Å². The summed E-state index contributed by atoms with van der Waals surface area (Å²) in [6.07, 6.45) is 4.19. The van der Waals surface area contributed by atoms with Crippen molar-refractivity contribution in [3.63, 3.8) is 0 Å². The van der Waals surface area contributed by atoms with Crippen molar-refractivity contribution in [1.82, 2.24) is 5.32 Å². The van der Waals surface area contributed by atoms with Gasteiger partial charge in [-0.05, 0) is 50.8 Å². The van der Waals surface area contributed by atoms with Gasteiger partial charge in [0.25, 0.3) is 0 Å². The summed E-state index contributed by atoms with van der Waals surface area (Å²) in [7, 11) is 0. The van der Waals surface area contributed by atoms with Crippen LogP contribution in [0.15, 0.2) is 18.2 Å². The first-order valence-corrected chi connectivity index (χ1v) is 8.18. The molecule has 1 N–H and O–H groups in total. The molecule has 114 valence electrons. The Labute approximate surface area is 132 Å². The van der Waals surface area contributed by atoms with Crippen molar-refractivity contribution < 1.29 is 4.74 Å². The highest BCUT2D eigenvalue weighted by atomic mass is 35.5. The van der Waals surface area contributed by atoms with E-state index in [9.17, 15) is 0 Å². The number of halogens is 2. The summed E-state index contributed by atoms with van der Waals surface area (Å²) in [5.74, 6) is 0. The topological polar surface area (TPSA) is 21.3 Å². The largest absolute Gasteiger partial charge is 0.382 e. The van der Waals surface area contributed by atoms with Crippen molar-refractivity contribution in [3.05, 3.63) is 33.8 Å². The van der Waals surface area contributed by atoms with Crippen LogP contribution in [0.4, 0.5) is 0 Å². The van der Waals surface area contributed by atoms with E-state index in [1.54, 1.807) is 0 Å². The summed E-state index contributed by atoms with van der Waals surface area (Å²) in [6.45, 7) is 6.84. The van der Waals surface area contributed by atoms with E-state index in [0.29, 0.717) is 16.1 Å². The molecule has 0 fully saturated rings. The Bertz CT molecular complexity index is 385. The maximum atomic E-state index is 6.27. The molecule has 0 aliphatic heterocycles. The molecule has 2 nitrogen and oxygen atoms in total. The van der Waals surface area contributed by atoms with Crippen LogP contribution in [0, 0.1) is 0 Å². The van der Waals surface area contributed by atoms with Crippen molar-refractivity contribution >= 4 is 23.2 Å². The molecule has 0 amide bonds. The first-order chi connectivity index (χ1) is 9.69. The van der Waals surface area contributed by atoms with Crippen LogP contribution in [-0.4, -0.2) is 25.8 Å². The highest BCUT2D eigenvalue weighted by molar-refractivity contribution is 6.42. The van der Waals surface area contributed by atoms with Gasteiger partial charge < -0.3 is 10.1 Å². The smallest absolute Gasteiger partial charge is 0.0624 e. The fourth-order valence-electron chi connectivity index (χ4n) is 2.17. The van der Waals surface area contributed by atoms with Crippen LogP contribution in [0.1, 0.15) is 38.7 Å². The molecule has 0 saturated carbocycles. The third-order valence-corrected chi connectivity index (χ3v) is 4.08. The van der Waals surface area contributed by atoms with Crippen LogP contribution in [0.3, 0.4) is 0 Å². The summed E-state index contributed by atoms with van der Waals surface area (Å²) >= 11 is 12.3. The third kappa shape index (κ3) is 6.45. The van der Waals surface area contributed by atoms with Crippen LogP contribution in [0.5, 0.6) is 0 Å². The molecule has 0 heterocycles. The van der Waals surface area contributed by atoms with E-state index in [-0.39, 0.29) is 0 Å². The van der Waals surface area contributed by atoms with Crippen LogP contribution in [0.2, 0.25) is 10.0 Å². The van der Waals surface area contributed by atoms with E-state index in [4.69, 9.17) is 27.9 Å². The SMILES string of the molecule is CCCNC(CCCOCC)Cc1cccc(Cl)c1Cl. The lowest BCUT2D eigenvalue weighted by Gasteiger charge is -2.19. The third-order valence-electron chi connectivity index (χ3n) is 3.23. The van der Waals surface area contributed by atoms with Gasteiger partial charge in [0, 0.05) is 19.3 Å². The van der Waals surface area contributed by atoms with Crippen molar-refractivity contribution in [2.45, 2.75) is 45.6 Å². The van der Waals surface area contributed by atoms with Gasteiger partial charge >= 0.3 is 0 Å². The van der Waals surface area contributed by atoms with E-state index in [1.165, 1.54) is 0 Å². The lowest BCUT2D eigenvalue weighted by molar-refractivity contribution is 0.140. The maximum Gasteiger partial charge on any atom is 0.0624 e. The minimum Gasteiger partial charge on any atom is -0.382 e. The van der Waals surface area contributed by atoms with Gasteiger partial charge in [0.05, 0.1) is 10.0 Å². The molecule has 1 rings (SSSR count). The zero-order valence-electron chi connectivity index (χ0n) is 12.4. The number of hydrogen-bond acceptors (Lipinski definition) is 2. The molecule has 0 bridgehead atoms. The highest BCUT2D eigenvalue weighted by Crippen LogP contribution is 2.26. The van der Waals surface area contributed by atoms with E-state index >= 15 is 0 Å². The van der Waals surface area contributed by atoms with Crippen molar-refractivity contribution in [3.8, 4) is 0 Å². The summed E-state index contributed by atoms with van der Waals surface area (Å²) in [6, 6.07) is 6.26. The van der Waals surface area contributed by atoms with Gasteiger partial charge in [0.1, 0.15) is 0 Å². The Kier molecular flexibility index (Phi) is 9.28. The highest BCUT2D eigenvalue weighted by Gasteiger charge is 2.12.